The van der Waals surface area contributed by atoms with Crippen molar-refractivity contribution in [2.75, 3.05) is 5.32 Å². The van der Waals surface area contributed by atoms with Crippen molar-refractivity contribution in [2.45, 2.75) is 0 Å². The molecule has 3 aromatic rings. The number of primary amides is 1. The van der Waals surface area contributed by atoms with E-state index < -0.39 is 5.91 Å². The molecular weight excluding hydrogens is 248 g/mol. The van der Waals surface area contributed by atoms with Gasteiger partial charge in [-0.05, 0) is 47.2 Å². The molecule has 20 heavy (non-hydrogen) atoms. The van der Waals surface area contributed by atoms with Gasteiger partial charge in [0.2, 0.25) is 5.91 Å². The molecule has 0 radical (unpaired) electrons. The van der Waals surface area contributed by atoms with Crippen LogP contribution in [0.1, 0.15) is 10.4 Å². The van der Waals surface area contributed by atoms with Gasteiger partial charge in [-0.3, -0.25) is 4.79 Å². The summed E-state index contributed by atoms with van der Waals surface area (Å²) in [6, 6.07) is 21.5. The van der Waals surface area contributed by atoms with Crippen LogP contribution in [0.4, 0.5) is 11.4 Å². The molecule has 0 aliphatic rings. The van der Waals surface area contributed by atoms with Crippen LogP contribution in [0.5, 0.6) is 0 Å². The molecule has 0 unspecified atom stereocenters. The zero-order valence-corrected chi connectivity index (χ0v) is 10.8. The molecule has 0 bridgehead atoms. The molecule has 3 heteroatoms. The maximum absolute atomic E-state index is 11.2. The van der Waals surface area contributed by atoms with Crippen molar-refractivity contribution in [3.8, 4) is 0 Å². The highest BCUT2D eigenvalue weighted by Crippen LogP contribution is 2.23. The van der Waals surface area contributed by atoms with Gasteiger partial charge in [-0.1, -0.05) is 30.3 Å². The molecule has 0 saturated carbocycles. The van der Waals surface area contributed by atoms with Crippen molar-refractivity contribution in [3.05, 3.63) is 72.3 Å². The minimum absolute atomic E-state index is 0.409. The Morgan fingerprint density at radius 2 is 1.55 bits per heavy atom. The zero-order valence-electron chi connectivity index (χ0n) is 10.8. The van der Waals surface area contributed by atoms with E-state index >= 15 is 0 Å². The molecule has 3 N–H and O–H groups in total. The summed E-state index contributed by atoms with van der Waals surface area (Å²) < 4.78 is 0. The standard InChI is InChI=1S/C17H14N2O/c18-17(20)13-7-6-12-8-9-16(11-14(12)10-13)19-15-4-2-1-3-5-15/h1-11,19H,(H2,18,20). The topological polar surface area (TPSA) is 55.1 Å². The van der Waals surface area contributed by atoms with Crippen molar-refractivity contribution < 1.29 is 4.79 Å². The van der Waals surface area contributed by atoms with E-state index in [1.165, 1.54) is 0 Å². The number of nitrogens with one attached hydrogen (secondary N) is 1. The van der Waals surface area contributed by atoms with E-state index in [0.717, 1.165) is 22.1 Å². The third-order valence-electron chi connectivity index (χ3n) is 3.19. The van der Waals surface area contributed by atoms with Gasteiger partial charge in [0.1, 0.15) is 0 Å². The molecule has 0 fully saturated rings. The highest BCUT2D eigenvalue weighted by molar-refractivity contribution is 5.98. The second kappa shape index (κ2) is 5.05. The quantitative estimate of drug-likeness (QED) is 0.756. The van der Waals surface area contributed by atoms with Crippen molar-refractivity contribution >= 4 is 28.1 Å². The molecule has 0 aliphatic heterocycles. The molecule has 0 heterocycles. The normalized spacial score (nSPS) is 10.4. The van der Waals surface area contributed by atoms with Gasteiger partial charge in [0, 0.05) is 16.9 Å². The second-order valence-electron chi connectivity index (χ2n) is 4.63. The van der Waals surface area contributed by atoms with Crippen molar-refractivity contribution in [3.63, 3.8) is 0 Å². The number of hydrogen-bond acceptors (Lipinski definition) is 2. The number of benzene rings is 3. The molecule has 0 spiro atoms. The summed E-state index contributed by atoms with van der Waals surface area (Å²) in [7, 11) is 0. The fourth-order valence-electron chi connectivity index (χ4n) is 2.17. The first-order valence-electron chi connectivity index (χ1n) is 6.38. The molecule has 3 nitrogen and oxygen atoms in total. The van der Waals surface area contributed by atoms with Crippen LogP contribution in [0.15, 0.2) is 66.7 Å². The number of para-hydroxylation sites is 1. The molecular formula is C17H14N2O. The maximum Gasteiger partial charge on any atom is 0.248 e. The molecule has 98 valence electrons. The molecule has 0 aliphatic carbocycles. The summed E-state index contributed by atoms with van der Waals surface area (Å²) >= 11 is 0. The molecule has 0 aromatic heterocycles. The fraction of sp³-hybridized carbons (Fsp3) is 0. The number of nitrogens with two attached hydrogens (primary N) is 1. The van der Waals surface area contributed by atoms with Crippen molar-refractivity contribution in [2.24, 2.45) is 5.73 Å². The average Bonchev–Trinajstić information content (AvgIpc) is 2.47. The lowest BCUT2D eigenvalue weighted by atomic mass is 10.1. The van der Waals surface area contributed by atoms with Crippen LogP contribution >= 0.6 is 0 Å². The summed E-state index contributed by atoms with van der Waals surface area (Å²) in [6.45, 7) is 0. The van der Waals surface area contributed by atoms with E-state index in [1.54, 1.807) is 6.07 Å². The Hall–Kier alpha value is -2.81. The van der Waals surface area contributed by atoms with Crippen molar-refractivity contribution in [1.82, 2.24) is 0 Å². The second-order valence-corrected chi connectivity index (χ2v) is 4.63. The minimum atomic E-state index is -0.409. The number of hydrogen-bond donors (Lipinski definition) is 2. The first-order valence-corrected chi connectivity index (χ1v) is 6.38. The largest absolute Gasteiger partial charge is 0.366 e. The number of carbonyl (C=O) groups is 1. The van der Waals surface area contributed by atoms with Crippen LogP contribution in [-0.2, 0) is 0 Å². The van der Waals surface area contributed by atoms with Crippen LogP contribution in [0.2, 0.25) is 0 Å². The third-order valence-corrected chi connectivity index (χ3v) is 3.19. The number of fused-ring (bicyclic) bond motifs is 1. The van der Waals surface area contributed by atoms with Gasteiger partial charge in [0.25, 0.3) is 0 Å². The lowest BCUT2D eigenvalue weighted by Gasteiger charge is -2.08. The van der Waals surface area contributed by atoms with Crippen LogP contribution in [0, 0.1) is 0 Å². The van der Waals surface area contributed by atoms with Gasteiger partial charge in [0.05, 0.1) is 0 Å². The Kier molecular flexibility index (Phi) is 3.09. The van der Waals surface area contributed by atoms with Gasteiger partial charge < -0.3 is 11.1 Å². The molecule has 0 atom stereocenters. The predicted octanol–water partition coefficient (Wildman–Crippen LogP) is 3.68. The monoisotopic (exact) mass is 262 g/mol. The Labute approximate surface area is 117 Å². The van der Waals surface area contributed by atoms with E-state index in [0.29, 0.717) is 5.56 Å². The Morgan fingerprint density at radius 1 is 0.800 bits per heavy atom. The Bertz CT molecular complexity index is 766. The highest BCUT2D eigenvalue weighted by Gasteiger charge is 2.02. The van der Waals surface area contributed by atoms with E-state index in [-0.39, 0.29) is 0 Å². The Balaban J connectivity index is 1.99. The minimum Gasteiger partial charge on any atom is -0.366 e. The summed E-state index contributed by atoms with van der Waals surface area (Å²) in [6.07, 6.45) is 0. The maximum atomic E-state index is 11.2. The predicted molar refractivity (Wildman–Crippen MR) is 82.2 cm³/mol. The fourth-order valence-corrected chi connectivity index (χ4v) is 2.17. The number of rotatable bonds is 3. The first kappa shape index (κ1) is 12.2. The highest BCUT2D eigenvalue weighted by atomic mass is 16.1. The summed E-state index contributed by atoms with van der Waals surface area (Å²) in [5, 5.41) is 5.39. The summed E-state index contributed by atoms with van der Waals surface area (Å²) in [4.78, 5) is 11.2. The number of anilines is 2. The third kappa shape index (κ3) is 2.47. The average molecular weight is 262 g/mol. The SMILES string of the molecule is NC(=O)c1ccc2ccc(Nc3ccccc3)cc2c1. The van der Waals surface area contributed by atoms with Gasteiger partial charge in [-0.2, -0.15) is 0 Å². The molecule has 3 rings (SSSR count). The van der Waals surface area contributed by atoms with E-state index in [1.807, 2.05) is 60.7 Å². The zero-order chi connectivity index (χ0) is 13.9. The molecule has 0 saturated heterocycles. The molecule has 1 amide bonds. The number of carbonyl (C=O) groups excluding carboxylic acids is 1. The van der Waals surface area contributed by atoms with E-state index in [2.05, 4.69) is 5.32 Å². The lowest BCUT2D eigenvalue weighted by molar-refractivity contribution is 0.100. The van der Waals surface area contributed by atoms with Gasteiger partial charge >= 0.3 is 0 Å². The van der Waals surface area contributed by atoms with Gasteiger partial charge in [-0.25, -0.2) is 0 Å². The summed E-state index contributed by atoms with van der Waals surface area (Å²) in [5.74, 6) is -0.409. The van der Waals surface area contributed by atoms with E-state index in [9.17, 15) is 4.79 Å². The Morgan fingerprint density at radius 3 is 2.30 bits per heavy atom. The van der Waals surface area contributed by atoms with Gasteiger partial charge in [0.15, 0.2) is 0 Å². The van der Waals surface area contributed by atoms with Crippen LogP contribution < -0.4 is 11.1 Å². The van der Waals surface area contributed by atoms with Crippen LogP contribution in [-0.4, -0.2) is 5.91 Å². The van der Waals surface area contributed by atoms with Crippen LogP contribution in [0.3, 0.4) is 0 Å². The van der Waals surface area contributed by atoms with E-state index in [4.69, 9.17) is 5.73 Å². The first-order chi connectivity index (χ1) is 9.72. The van der Waals surface area contributed by atoms with Gasteiger partial charge in [-0.15, -0.1) is 0 Å². The number of amides is 1. The smallest absolute Gasteiger partial charge is 0.248 e. The van der Waals surface area contributed by atoms with Crippen molar-refractivity contribution in [1.29, 1.82) is 0 Å². The summed E-state index contributed by atoms with van der Waals surface area (Å²) in [5.41, 5.74) is 7.84. The van der Waals surface area contributed by atoms with Crippen LogP contribution in [0.25, 0.3) is 10.8 Å². The molecule has 3 aromatic carbocycles. The lowest BCUT2D eigenvalue weighted by Crippen LogP contribution is -2.10.